The van der Waals surface area contributed by atoms with Crippen molar-refractivity contribution >= 4 is 0 Å². The lowest BCUT2D eigenvalue weighted by Crippen LogP contribution is -1.89. The third-order valence-corrected chi connectivity index (χ3v) is 0.660. The Kier molecular flexibility index (Phi) is 1.32. The largest absolute Gasteiger partial charge is 0.288 e. The van der Waals surface area contributed by atoms with Crippen LogP contribution in [0.2, 0.25) is 0 Å². The highest BCUT2D eigenvalue weighted by Gasteiger charge is 1.71. The maximum absolute atomic E-state index is 10.4. The fourth-order valence-electron chi connectivity index (χ4n) is 0.343. The Morgan fingerprint density at radius 1 is 1.38 bits per heavy atom. The zero-order valence-corrected chi connectivity index (χ0v) is 4.11. The molecule has 0 aliphatic carbocycles. The van der Waals surface area contributed by atoms with E-state index >= 15 is 0 Å². The van der Waals surface area contributed by atoms with Crippen LogP contribution >= 0.6 is 0 Å². The van der Waals surface area contributed by atoms with Gasteiger partial charge in [0.05, 0.1) is 6.20 Å². The van der Waals surface area contributed by atoms with E-state index in [1.165, 1.54) is 24.8 Å². The maximum atomic E-state index is 10.4. The van der Waals surface area contributed by atoms with Crippen LogP contribution in [0.4, 0.5) is 0 Å². The number of aromatic nitrogens is 2. The van der Waals surface area contributed by atoms with Crippen molar-refractivity contribution in [2.75, 3.05) is 0 Å². The molecular formula is C5H4N2O. The zero-order chi connectivity index (χ0) is 5.82. The lowest BCUT2D eigenvalue weighted by Gasteiger charge is -1.55. The van der Waals surface area contributed by atoms with Crippen molar-refractivity contribution in [1.82, 2.24) is 9.97 Å². The zero-order valence-electron chi connectivity index (χ0n) is 4.11. The first-order chi connectivity index (χ1) is 3.89. The number of nitrogens with zero attached hydrogens (tertiary/aromatic N) is 2. The van der Waals surface area contributed by atoms with Crippen molar-refractivity contribution in [2.45, 2.75) is 0 Å². The molecule has 8 heavy (non-hydrogen) atoms. The van der Waals surface area contributed by atoms with E-state index < -0.39 is 0 Å². The van der Waals surface area contributed by atoms with Gasteiger partial charge in [-0.25, -0.2) is 9.97 Å². The van der Waals surface area contributed by atoms with Gasteiger partial charge in [0, 0.05) is 12.3 Å². The highest BCUT2D eigenvalue weighted by Crippen LogP contribution is 1.60. The van der Waals surface area contributed by atoms with Gasteiger partial charge in [-0.15, -0.1) is 0 Å². The average Bonchev–Trinajstić information content (AvgIpc) is 1.94. The summed E-state index contributed by atoms with van der Waals surface area (Å²) in [6, 6.07) is 1.35. The number of hydrogen-bond donors (Lipinski definition) is 0. The molecule has 0 atom stereocenters. The summed E-state index contributed by atoms with van der Waals surface area (Å²) in [7, 11) is 0. The average molecular weight is 108 g/mol. The highest BCUT2D eigenvalue weighted by atomic mass is 16.1. The highest BCUT2D eigenvalue weighted by molar-refractivity contribution is 4.83. The normalized spacial score (nSPS) is 8.50. The van der Waals surface area contributed by atoms with Crippen LogP contribution in [-0.4, -0.2) is 9.97 Å². The molecule has 0 spiro atoms. The van der Waals surface area contributed by atoms with Crippen LogP contribution in [-0.2, 0) is 0 Å². The SMILES string of the molecule is O=c1ccncnc1. The summed E-state index contributed by atoms with van der Waals surface area (Å²) in [6.07, 6.45) is 3.95. The Labute approximate surface area is 46.0 Å². The molecule has 0 N–H and O–H groups in total. The summed E-state index contributed by atoms with van der Waals surface area (Å²) in [6.45, 7) is 0. The van der Waals surface area contributed by atoms with Crippen molar-refractivity contribution in [3.8, 4) is 0 Å². The summed E-state index contributed by atoms with van der Waals surface area (Å²) in [4.78, 5) is 17.5. The number of rotatable bonds is 0. The number of hydrogen-bond acceptors (Lipinski definition) is 3. The van der Waals surface area contributed by atoms with Crippen LogP contribution in [0.3, 0.4) is 0 Å². The second kappa shape index (κ2) is 2.16. The van der Waals surface area contributed by atoms with E-state index in [9.17, 15) is 4.79 Å². The van der Waals surface area contributed by atoms with E-state index in [4.69, 9.17) is 0 Å². The van der Waals surface area contributed by atoms with E-state index in [-0.39, 0.29) is 5.43 Å². The van der Waals surface area contributed by atoms with Crippen molar-refractivity contribution in [1.29, 1.82) is 0 Å². The van der Waals surface area contributed by atoms with E-state index in [0.29, 0.717) is 0 Å². The molecule has 0 saturated heterocycles. The van der Waals surface area contributed by atoms with Crippen molar-refractivity contribution in [2.24, 2.45) is 0 Å². The molecule has 3 heteroatoms. The Balaban J connectivity index is 3.32. The van der Waals surface area contributed by atoms with Gasteiger partial charge in [0.1, 0.15) is 6.33 Å². The topological polar surface area (TPSA) is 42.9 Å². The van der Waals surface area contributed by atoms with Crippen LogP contribution in [0.15, 0.2) is 29.6 Å². The first-order valence-corrected chi connectivity index (χ1v) is 2.15. The molecule has 0 saturated carbocycles. The quantitative estimate of drug-likeness (QED) is 0.463. The molecule has 40 valence electrons. The predicted molar refractivity (Wildman–Crippen MR) is 28.3 cm³/mol. The molecule has 0 aliphatic heterocycles. The van der Waals surface area contributed by atoms with E-state index in [0.717, 1.165) is 0 Å². The summed E-state index contributed by atoms with van der Waals surface area (Å²) >= 11 is 0. The van der Waals surface area contributed by atoms with Gasteiger partial charge in [0.2, 0.25) is 0 Å². The molecule has 1 aromatic rings. The van der Waals surface area contributed by atoms with Crippen LogP contribution in [0, 0.1) is 0 Å². The Morgan fingerprint density at radius 2 is 2.25 bits per heavy atom. The maximum Gasteiger partial charge on any atom is 0.198 e. The molecule has 0 bridgehead atoms. The lowest BCUT2D eigenvalue weighted by atomic mass is 10.6. The van der Waals surface area contributed by atoms with Crippen LogP contribution in [0.1, 0.15) is 0 Å². The first kappa shape index (κ1) is 4.90. The molecule has 1 rings (SSSR count). The fraction of sp³-hybridized carbons (Fsp3) is 0. The summed E-state index contributed by atoms with van der Waals surface area (Å²) in [5.41, 5.74) is -0.123. The van der Waals surface area contributed by atoms with Gasteiger partial charge < -0.3 is 0 Å². The lowest BCUT2D eigenvalue weighted by molar-refractivity contribution is 1.22. The Morgan fingerprint density at radius 3 is 3.12 bits per heavy atom. The second-order valence-corrected chi connectivity index (χ2v) is 1.26. The minimum absolute atomic E-state index is 0.123. The van der Waals surface area contributed by atoms with Crippen LogP contribution < -0.4 is 5.43 Å². The molecule has 0 unspecified atom stereocenters. The van der Waals surface area contributed by atoms with Crippen molar-refractivity contribution in [3.63, 3.8) is 0 Å². The van der Waals surface area contributed by atoms with Gasteiger partial charge in [-0.3, -0.25) is 4.79 Å². The molecular weight excluding hydrogens is 104 g/mol. The molecule has 0 aliphatic rings. The molecule has 1 heterocycles. The smallest absolute Gasteiger partial charge is 0.198 e. The summed E-state index contributed by atoms with van der Waals surface area (Å²) in [5, 5.41) is 0. The van der Waals surface area contributed by atoms with Gasteiger partial charge in [-0.05, 0) is 0 Å². The molecule has 0 aromatic carbocycles. The van der Waals surface area contributed by atoms with Gasteiger partial charge in [0.25, 0.3) is 0 Å². The minimum Gasteiger partial charge on any atom is -0.288 e. The van der Waals surface area contributed by atoms with Crippen molar-refractivity contribution < 1.29 is 0 Å². The third-order valence-electron chi connectivity index (χ3n) is 0.660. The standard InChI is InChI=1S/C5H4N2O/c8-5-1-2-6-4-7-3-5/h1-4H. The van der Waals surface area contributed by atoms with Gasteiger partial charge in [-0.2, -0.15) is 0 Å². The minimum atomic E-state index is -0.123. The molecule has 1 aromatic heterocycles. The van der Waals surface area contributed by atoms with Gasteiger partial charge in [0.15, 0.2) is 5.43 Å². The van der Waals surface area contributed by atoms with Gasteiger partial charge in [-0.1, -0.05) is 0 Å². The molecule has 0 fully saturated rings. The second-order valence-electron chi connectivity index (χ2n) is 1.26. The Bertz CT molecular complexity index is 201. The first-order valence-electron chi connectivity index (χ1n) is 2.15. The van der Waals surface area contributed by atoms with Crippen LogP contribution in [0.25, 0.3) is 0 Å². The van der Waals surface area contributed by atoms with E-state index in [2.05, 4.69) is 9.97 Å². The Hall–Kier alpha value is -1.25. The molecule has 3 nitrogen and oxygen atoms in total. The van der Waals surface area contributed by atoms with E-state index in [1.807, 2.05) is 0 Å². The summed E-state index contributed by atoms with van der Waals surface area (Å²) in [5.74, 6) is 0. The summed E-state index contributed by atoms with van der Waals surface area (Å²) < 4.78 is 0. The fourth-order valence-corrected chi connectivity index (χ4v) is 0.343. The third kappa shape index (κ3) is 1.11. The molecule has 0 radical (unpaired) electrons. The van der Waals surface area contributed by atoms with Crippen molar-refractivity contribution in [3.05, 3.63) is 35.0 Å². The van der Waals surface area contributed by atoms with E-state index in [1.54, 1.807) is 0 Å². The monoisotopic (exact) mass is 108 g/mol. The predicted octanol–water partition coefficient (Wildman–Crippen LogP) is -0.163. The molecule has 0 amide bonds. The van der Waals surface area contributed by atoms with Gasteiger partial charge >= 0.3 is 0 Å². The van der Waals surface area contributed by atoms with Crippen LogP contribution in [0.5, 0.6) is 0 Å².